The van der Waals surface area contributed by atoms with Crippen LogP contribution in [0.4, 0.5) is 0 Å². The molecule has 0 aromatic carbocycles. The molecule has 0 saturated carbocycles. The van der Waals surface area contributed by atoms with Gasteiger partial charge in [-0.2, -0.15) is 11.8 Å². The molecule has 1 saturated heterocycles. The van der Waals surface area contributed by atoms with E-state index in [1.807, 2.05) is 18.7 Å². The standard InChI is InChI=1S/C15H19N3O3S/c1-10-12(4-7-20-10)15-18-17-14(21-15)3-2-13(19)16-11-5-8-22-9-6-11/h4,7,11H,2-3,5-6,8-9H2,1H3,(H,16,19). The molecule has 0 bridgehead atoms. The van der Waals surface area contributed by atoms with Crippen molar-refractivity contribution >= 4 is 17.7 Å². The number of aromatic nitrogens is 2. The number of thioether (sulfide) groups is 1. The van der Waals surface area contributed by atoms with Crippen molar-refractivity contribution < 1.29 is 13.6 Å². The van der Waals surface area contributed by atoms with Crippen LogP contribution in [-0.2, 0) is 11.2 Å². The van der Waals surface area contributed by atoms with Gasteiger partial charge in [-0.05, 0) is 37.3 Å². The number of nitrogens with zero attached hydrogens (tertiary/aromatic N) is 2. The maximum absolute atomic E-state index is 12.0. The van der Waals surface area contributed by atoms with Gasteiger partial charge in [-0.3, -0.25) is 4.79 Å². The molecule has 3 rings (SSSR count). The number of carbonyl (C=O) groups excluding carboxylic acids is 1. The van der Waals surface area contributed by atoms with Crippen LogP contribution in [0.25, 0.3) is 11.5 Å². The minimum Gasteiger partial charge on any atom is -0.469 e. The van der Waals surface area contributed by atoms with Gasteiger partial charge in [-0.15, -0.1) is 10.2 Å². The van der Waals surface area contributed by atoms with Crippen LogP contribution in [0.3, 0.4) is 0 Å². The summed E-state index contributed by atoms with van der Waals surface area (Å²) in [6.07, 6.45) is 4.53. The van der Waals surface area contributed by atoms with Gasteiger partial charge in [0.25, 0.3) is 5.89 Å². The third kappa shape index (κ3) is 3.71. The average Bonchev–Trinajstić information content (AvgIpc) is 3.14. The number of hydrogen-bond donors (Lipinski definition) is 1. The molecule has 22 heavy (non-hydrogen) atoms. The number of aryl methyl sites for hydroxylation is 2. The van der Waals surface area contributed by atoms with Crippen LogP contribution in [0.5, 0.6) is 0 Å². The normalized spacial score (nSPS) is 15.9. The van der Waals surface area contributed by atoms with Gasteiger partial charge in [-0.25, -0.2) is 0 Å². The summed E-state index contributed by atoms with van der Waals surface area (Å²) in [4.78, 5) is 12.0. The summed E-state index contributed by atoms with van der Waals surface area (Å²) in [6.45, 7) is 1.84. The average molecular weight is 321 g/mol. The second kappa shape index (κ2) is 7.00. The zero-order valence-electron chi connectivity index (χ0n) is 12.5. The molecule has 0 spiro atoms. The Balaban J connectivity index is 1.50. The van der Waals surface area contributed by atoms with Crippen molar-refractivity contribution in [1.29, 1.82) is 0 Å². The van der Waals surface area contributed by atoms with E-state index in [2.05, 4.69) is 15.5 Å². The molecule has 1 N–H and O–H groups in total. The maximum atomic E-state index is 12.0. The number of amides is 1. The molecule has 118 valence electrons. The summed E-state index contributed by atoms with van der Waals surface area (Å²) in [5.41, 5.74) is 0.794. The lowest BCUT2D eigenvalue weighted by Gasteiger charge is -2.22. The molecule has 0 unspecified atom stereocenters. The Morgan fingerprint density at radius 3 is 2.95 bits per heavy atom. The molecule has 0 atom stereocenters. The summed E-state index contributed by atoms with van der Waals surface area (Å²) in [5, 5.41) is 11.1. The maximum Gasteiger partial charge on any atom is 0.251 e. The predicted octanol–water partition coefficient (Wildman–Crippen LogP) is 2.58. The van der Waals surface area contributed by atoms with Gasteiger partial charge in [-0.1, -0.05) is 0 Å². The highest BCUT2D eigenvalue weighted by Gasteiger charge is 2.17. The zero-order chi connectivity index (χ0) is 15.4. The highest BCUT2D eigenvalue weighted by molar-refractivity contribution is 7.99. The first kappa shape index (κ1) is 15.1. The third-order valence-corrected chi connectivity index (χ3v) is 4.76. The van der Waals surface area contributed by atoms with E-state index in [0.29, 0.717) is 30.7 Å². The van der Waals surface area contributed by atoms with E-state index in [4.69, 9.17) is 8.83 Å². The van der Waals surface area contributed by atoms with Crippen molar-refractivity contribution in [2.45, 2.75) is 38.6 Å². The Kier molecular flexibility index (Phi) is 4.82. The lowest BCUT2D eigenvalue weighted by Crippen LogP contribution is -2.37. The van der Waals surface area contributed by atoms with E-state index in [1.54, 1.807) is 12.3 Å². The Bertz CT molecular complexity index is 632. The fourth-order valence-corrected chi connectivity index (χ4v) is 3.54. The minimum absolute atomic E-state index is 0.0520. The largest absolute Gasteiger partial charge is 0.469 e. The molecule has 3 heterocycles. The number of furan rings is 1. The van der Waals surface area contributed by atoms with Crippen molar-refractivity contribution in [2.24, 2.45) is 0 Å². The number of hydrogen-bond acceptors (Lipinski definition) is 6. The molecule has 2 aromatic heterocycles. The number of carbonyl (C=O) groups is 1. The van der Waals surface area contributed by atoms with Gasteiger partial charge in [0.15, 0.2) is 0 Å². The first-order valence-corrected chi connectivity index (χ1v) is 8.62. The Hall–Kier alpha value is -1.76. The second-order valence-corrected chi connectivity index (χ2v) is 6.57. The van der Waals surface area contributed by atoms with Crippen molar-refractivity contribution in [2.75, 3.05) is 11.5 Å². The molecular formula is C15H19N3O3S. The van der Waals surface area contributed by atoms with Crippen molar-refractivity contribution in [3.63, 3.8) is 0 Å². The topological polar surface area (TPSA) is 81.2 Å². The number of rotatable bonds is 5. The minimum atomic E-state index is 0.0520. The first-order valence-electron chi connectivity index (χ1n) is 7.46. The fraction of sp³-hybridized carbons (Fsp3) is 0.533. The van der Waals surface area contributed by atoms with Crippen molar-refractivity contribution in [3.8, 4) is 11.5 Å². The second-order valence-electron chi connectivity index (χ2n) is 5.35. The lowest BCUT2D eigenvalue weighted by atomic mass is 10.1. The van der Waals surface area contributed by atoms with E-state index >= 15 is 0 Å². The van der Waals surface area contributed by atoms with Crippen LogP contribution in [-0.4, -0.2) is 33.7 Å². The predicted molar refractivity (Wildman–Crippen MR) is 83.5 cm³/mol. The monoisotopic (exact) mass is 321 g/mol. The molecule has 6 nitrogen and oxygen atoms in total. The van der Waals surface area contributed by atoms with Crippen molar-refractivity contribution in [1.82, 2.24) is 15.5 Å². The zero-order valence-corrected chi connectivity index (χ0v) is 13.3. The van der Waals surface area contributed by atoms with E-state index in [-0.39, 0.29) is 5.91 Å². The van der Waals surface area contributed by atoms with E-state index in [9.17, 15) is 4.79 Å². The molecule has 0 aliphatic carbocycles. The molecule has 1 amide bonds. The van der Waals surface area contributed by atoms with Crippen LogP contribution in [0, 0.1) is 6.92 Å². The fourth-order valence-electron chi connectivity index (χ4n) is 2.43. The molecule has 2 aromatic rings. The summed E-state index contributed by atoms with van der Waals surface area (Å²) in [7, 11) is 0. The Morgan fingerprint density at radius 1 is 1.41 bits per heavy atom. The van der Waals surface area contributed by atoms with Gasteiger partial charge in [0.05, 0.1) is 11.8 Å². The Morgan fingerprint density at radius 2 is 2.23 bits per heavy atom. The molecule has 0 radical (unpaired) electrons. The van der Waals surface area contributed by atoms with Crippen LogP contribution in [0.2, 0.25) is 0 Å². The first-order chi connectivity index (χ1) is 10.7. The highest BCUT2D eigenvalue weighted by atomic mass is 32.2. The summed E-state index contributed by atoms with van der Waals surface area (Å²) in [6, 6.07) is 2.11. The molecule has 1 aliphatic rings. The SMILES string of the molecule is Cc1occc1-c1nnc(CCC(=O)NC2CCSCC2)o1. The van der Waals surface area contributed by atoms with Gasteiger partial charge < -0.3 is 14.2 Å². The highest BCUT2D eigenvalue weighted by Crippen LogP contribution is 2.23. The summed E-state index contributed by atoms with van der Waals surface area (Å²) in [5.74, 6) is 3.96. The van der Waals surface area contributed by atoms with Gasteiger partial charge in [0.2, 0.25) is 11.8 Å². The molecular weight excluding hydrogens is 302 g/mol. The number of nitrogens with one attached hydrogen (secondary N) is 1. The smallest absolute Gasteiger partial charge is 0.251 e. The van der Waals surface area contributed by atoms with Crippen molar-refractivity contribution in [3.05, 3.63) is 24.0 Å². The Labute approximate surface area is 133 Å². The molecule has 1 fully saturated rings. The van der Waals surface area contributed by atoms with E-state index < -0.39 is 0 Å². The van der Waals surface area contributed by atoms with Gasteiger partial charge in [0.1, 0.15) is 5.76 Å². The van der Waals surface area contributed by atoms with Gasteiger partial charge >= 0.3 is 0 Å². The quantitative estimate of drug-likeness (QED) is 0.911. The molecule has 1 aliphatic heterocycles. The van der Waals surface area contributed by atoms with Crippen LogP contribution < -0.4 is 5.32 Å². The van der Waals surface area contributed by atoms with E-state index in [0.717, 1.165) is 35.7 Å². The third-order valence-electron chi connectivity index (χ3n) is 3.71. The van der Waals surface area contributed by atoms with Crippen LogP contribution >= 0.6 is 11.8 Å². The summed E-state index contributed by atoms with van der Waals surface area (Å²) < 4.78 is 10.8. The van der Waals surface area contributed by atoms with E-state index in [1.165, 1.54) is 0 Å². The van der Waals surface area contributed by atoms with Crippen LogP contribution in [0.15, 0.2) is 21.2 Å². The van der Waals surface area contributed by atoms with Gasteiger partial charge in [0, 0.05) is 18.9 Å². The molecule has 7 heteroatoms. The summed E-state index contributed by atoms with van der Waals surface area (Å²) >= 11 is 1.95. The van der Waals surface area contributed by atoms with Crippen LogP contribution in [0.1, 0.15) is 30.9 Å². The lowest BCUT2D eigenvalue weighted by molar-refractivity contribution is -0.121.